The van der Waals surface area contributed by atoms with E-state index in [1.165, 1.54) is 44.9 Å². The third-order valence-corrected chi connectivity index (χ3v) is 4.52. The molecule has 3 rings (SSSR count). The van der Waals surface area contributed by atoms with Crippen molar-refractivity contribution in [1.29, 1.82) is 0 Å². The first-order valence-electron chi connectivity index (χ1n) is 6.73. The molecule has 2 saturated heterocycles. The zero-order valence-electron chi connectivity index (χ0n) is 9.74. The maximum absolute atomic E-state index is 5.87. The quantitative estimate of drug-likeness (QED) is 0.768. The van der Waals surface area contributed by atoms with E-state index in [9.17, 15) is 0 Å². The van der Waals surface area contributed by atoms with Crippen molar-refractivity contribution in [3.8, 4) is 0 Å². The monoisotopic (exact) mass is 209 g/mol. The molecule has 0 amide bonds. The Bertz CT molecular complexity index is 227. The molecule has 1 aliphatic carbocycles. The largest absolute Gasteiger partial charge is 0.373 e. The Morgan fingerprint density at radius 1 is 1.27 bits per heavy atom. The minimum Gasteiger partial charge on any atom is -0.373 e. The first kappa shape index (κ1) is 10.1. The fourth-order valence-electron chi connectivity index (χ4n) is 3.48. The molecule has 0 radical (unpaired) electrons. The van der Waals surface area contributed by atoms with Gasteiger partial charge in [-0.2, -0.15) is 0 Å². The van der Waals surface area contributed by atoms with Crippen LogP contribution >= 0.6 is 0 Å². The lowest BCUT2D eigenvalue weighted by atomic mass is 9.81. The molecule has 2 nitrogen and oxygen atoms in total. The average Bonchev–Trinajstić information content (AvgIpc) is 2.72. The number of rotatable bonds is 4. The van der Waals surface area contributed by atoms with E-state index >= 15 is 0 Å². The van der Waals surface area contributed by atoms with Gasteiger partial charge in [0.05, 0.1) is 12.2 Å². The van der Waals surface area contributed by atoms with Crippen LogP contribution in [0.15, 0.2) is 0 Å². The third kappa shape index (κ3) is 2.07. The molecule has 1 saturated carbocycles. The van der Waals surface area contributed by atoms with E-state index in [1.807, 2.05) is 0 Å². The van der Waals surface area contributed by atoms with E-state index in [2.05, 4.69) is 12.2 Å². The predicted molar refractivity (Wildman–Crippen MR) is 60.9 cm³/mol. The number of nitrogens with one attached hydrogen (secondary N) is 1. The van der Waals surface area contributed by atoms with Crippen LogP contribution in [-0.4, -0.2) is 24.3 Å². The van der Waals surface area contributed by atoms with Crippen LogP contribution in [0.3, 0.4) is 0 Å². The van der Waals surface area contributed by atoms with Crippen LogP contribution in [0.1, 0.15) is 51.9 Å². The molecule has 0 aromatic rings. The number of fused-ring (bicyclic) bond motifs is 2. The van der Waals surface area contributed by atoms with Gasteiger partial charge < -0.3 is 10.1 Å². The van der Waals surface area contributed by atoms with Gasteiger partial charge in [-0.3, -0.25) is 0 Å². The molecular weight excluding hydrogens is 186 g/mol. The van der Waals surface area contributed by atoms with E-state index in [4.69, 9.17) is 4.74 Å². The van der Waals surface area contributed by atoms with Crippen LogP contribution in [0.25, 0.3) is 0 Å². The van der Waals surface area contributed by atoms with Gasteiger partial charge in [0, 0.05) is 12.1 Å². The van der Waals surface area contributed by atoms with Gasteiger partial charge in [-0.1, -0.05) is 19.3 Å². The van der Waals surface area contributed by atoms with Crippen LogP contribution in [0.2, 0.25) is 0 Å². The summed E-state index contributed by atoms with van der Waals surface area (Å²) in [5.41, 5.74) is 0. The van der Waals surface area contributed by atoms with Crippen LogP contribution in [-0.2, 0) is 4.74 Å². The van der Waals surface area contributed by atoms with Crippen molar-refractivity contribution in [3.63, 3.8) is 0 Å². The van der Waals surface area contributed by atoms with Gasteiger partial charge in [-0.05, 0) is 38.5 Å². The Morgan fingerprint density at radius 2 is 2.13 bits per heavy atom. The highest BCUT2D eigenvalue weighted by atomic mass is 16.5. The maximum atomic E-state index is 5.87. The normalized spacial score (nSPS) is 41.8. The lowest BCUT2D eigenvalue weighted by Crippen LogP contribution is -2.43. The fraction of sp³-hybridized carbons (Fsp3) is 1.00. The Kier molecular flexibility index (Phi) is 2.73. The van der Waals surface area contributed by atoms with Gasteiger partial charge in [0.1, 0.15) is 0 Å². The Morgan fingerprint density at radius 3 is 2.67 bits per heavy atom. The van der Waals surface area contributed by atoms with Crippen molar-refractivity contribution in [2.24, 2.45) is 5.92 Å². The molecule has 2 heterocycles. The summed E-state index contributed by atoms with van der Waals surface area (Å²) in [5, 5.41) is 3.78. The highest BCUT2D eigenvalue weighted by Crippen LogP contribution is 2.35. The second kappa shape index (κ2) is 4.06. The van der Waals surface area contributed by atoms with Gasteiger partial charge in [0.25, 0.3) is 0 Å². The minimum absolute atomic E-state index is 0.541. The van der Waals surface area contributed by atoms with Crippen LogP contribution in [0.5, 0.6) is 0 Å². The zero-order chi connectivity index (χ0) is 10.3. The fourth-order valence-corrected chi connectivity index (χ4v) is 3.48. The summed E-state index contributed by atoms with van der Waals surface area (Å²) < 4.78 is 5.87. The van der Waals surface area contributed by atoms with E-state index in [1.54, 1.807) is 0 Å². The summed E-state index contributed by atoms with van der Waals surface area (Å²) in [7, 11) is 0. The molecule has 4 atom stereocenters. The topological polar surface area (TPSA) is 21.3 Å². The molecule has 3 aliphatic rings. The van der Waals surface area contributed by atoms with Crippen LogP contribution < -0.4 is 5.32 Å². The summed E-state index contributed by atoms with van der Waals surface area (Å²) in [6.45, 7) is 2.35. The zero-order valence-corrected chi connectivity index (χ0v) is 9.74. The predicted octanol–water partition coefficient (Wildman–Crippen LogP) is 2.47. The first-order chi connectivity index (χ1) is 7.31. The molecule has 86 valence electrons. The van der Waals surface area contributed by atoms with Crippen molar-refractivity contribution in [1.82, 2.24) is 5.32 Å². The molecule has 0 aromatic heterocycles. The van der Waals surface area contributed by atoms with E-state index in [0.717, 1.165) is 5.92 Å². The Labute approximate surface area is 92.8 Å². The SMILES string of the molecule is CC(CC1CCC1)NC1CC2CCC1O2. The van der Waals surface area contributed by atoms with Gasteiger partial charge in [0.2, 0.25) is 0 Å². The van der Waals surface area contributed by atoms with Crippen molar-refractivity contribution in [3.05, 3.63) is 0 Å². The molecule has 2 aliphatic heterocycles. The number of hydrogen-bond donors (Lipinski definition) is 1. The molecule has 0 spiro atoms. The maximum Gasteiger partial charge on any atom is 0.0733 e. The lowest BCUT2D eigenvalue weighted by molar-refractivity contribution is 0.0953. The van der Waals surface area contributed by atoms with Crippen molar-refractivity contribution in [2.75, 3.05) is 0 Å². The summed E-state index contributed by atoms with van der Waals surface area (Å²) in [5.74, 6) is 1.02. The number of hydrogen-bond acceptors (Lipinski definition) is 2. The molecular formula is C13H23NO. The van der Waals surface area contributed by atoms with Crippen molar-refractivity contribution >= 4 is 0 Å². The van der Waals surface area contributed by atoms with Crippen molar-refractivity contribution in [2.45, 2.75) is 76.2 Å². The molecule has 1 N–H and O–H groups in total. The summed E-state index contributed by atoms with van der Waals surface area (Å²) >= 11 is 0. The number of ether oxygens (including phenoxy) is 1. The average molecular weight is 209 g/mol. The third-order valence-electron chi connectivity index (χ3n) is 4.52. The van der Waals surface area contributed by atoms with E-state index in [-0.39, 0.29) is 0 Å². The van der Waals surface area contributed by atoms with Gasteiger partial charge in [-0.15, -0.1) is 0 Å². The molecule has 4 unspecified atom stereocenters. The highest BCUT2D eigenvalue weighted by Gasteiger charge is 2.41. The van der Waals surface area contributed by atoms with E-state index in [0.29, 0.717) is 24.3 Å². The van der Waals surface area contributed by atoms with Gasteiger partial charge >= 0.3 is 0 Å². The van der Waals surface area contributed by atoms with Crippen LogP contribution in [0, 0.1) is 5.92 Å². The highest BCUT2D eigenvalue weighted by molar-refractivity contribution is 4.95. The molecule has 2 bridgehead atoms. The lowest BCUT2D eigenvalue weighted by Gasteiger charge is -2.31. The van der Waals surface area contributed by atoms with E-state index < -0.39 is 0 Å². The first-order valence-corrected chi connectivity index (χ1v) is 6.73. The van der Waals surface area contributed by atoms with Crippen molar-refractivity contribution < 1.29 is 4.74 Å². The second-order valence-corrected chi connectivity index (χ2v) is 5.82. The molecule has 0 aromatic carbocycles. The standard InChI is InChI=1S/C13H23NO/c1-9(7-10-3-2-4-10)14-12-8-11-5-6-13(12)15-11/h9-14H,2-8H2,1H3. The van der Waals surface area contributed by atoms with Gasteiger partial charge in [-0.25, -0.2) is 0 Å². The second-order valence-electron chi connectivity index (χ2n) is 5.82. The summed E-state index contributed by atoms with van der Waals surface area (Å²) in [6, 6.07) is 1.36. The Hall–Kier alpha value is -0.0800. The molecule has 15 heavy (non-hydrogen) atoms. The van der Waals surface area contributed by atoms with Crippen LogP contribution in [0.4, 0.5) is 0 Å². The van der Waals surface area contributed by atoms with Gasteiger partial charge in [0.15, 0.2) is 0 Å². The summed E-state index contributed by atoms with van der Waals surface area (Å²) in [4.78, 5) is 0. The molecule has 2 heteroatoms. The smallest absolute Gasteiger partial charge is 0.0733 e. The molecule has 3 fully saturated rings. The minimum atomic E-state index is 0.541. The Balaban J connectivity index is 1.44. The summed E-state index contributed by atoms with van der Waals surface area (Å²) in [6.07, 6.45) is 10.8.